The molecule has 0 saturated heterocycles. The van der Waals surface area contributed by atoms with Gasteiger partial charge in [-0.15, -0.1) is 0 Å². The van der Waals surface area contributed by atoms with Gasteiger partial charge in [0.25, 0.3) is 0 Å². The molecule has 0 bridgehead atoms. The Morgan fingerprint density at radius 1 is 0.938 bits per heavy atom. The monoisotopic (exact) mass is 220 g/mol. The van der Waals surface area contributed by atoms with Crippen LogP contribution in [0.5, 0.6) is 0 Å². The molecule has 0 N–H and O–H groups in total. The van der Waals surface area contributed by atoms with Gasteiger partial charge >= 0.3 is 0 Å². The number of hydrogen-bond donors (Lipinski definition) is 0. The summed E-state index contributed by atoms with van der Waals surface area (Å²) in [6.07, 6.45) is 16.5. The first kappa shape index (κ1) is 11.9. The number of hydrogen-bond acceptors (Lipinski definition) is 1. The molecule has 0 fully saturated rings. The van der Waals surface area contributed by atoms with Crippen LogP contribution >= 0.6 is 0 Å². The molecule has 0 aromatic rings. The first-order chi connectivity index (χ1) is 7.78. The molecule has 0 spiro atoms. The van der Waals surface area contributed by atoms with Crippen molar-refractivity contribution in [3.63, 3.8) is 0 Å². The van der Waals surface area contributed by atoms with Gasteiger partial charge in [-0.3, -0.25) is 0 Å². The molecule has 90 valence electrons. The Hall–Kier alpha value is -0.560. The number of methoxy groups -OCH3 is 1. The maximum atomic E-state index is 5.34. The van der Waals surface area contributed by atoms with Gasteiger partial charge in [0.15, 0.2) is 0 Å². The summed E-state index contributed by atoms with van der Waals surface area (Å²) >= 11 is 0. The molecule has 4 atom stereocenters. The summed E-state index contributed by atoms with van der Waals surface area (Å²) in [5, 5.41) is 0. The fourth-order valence-corrected chi connectivity index (χ4v) is 2.85. The molecule has 4 unspecified atom stereocenters. The minimum absolute atomic E-state index is 0.373. The number of ether oxygens (including phenoxy) is 1. The lowest BCUT2D eigenvalue weighted by Gasteiger charge is -2.27. The lowest BCUT2D eigenvalue weighted by molar-refractivity contribution is 0.121. The number of allylic oxidation sites excluding steroid dienone is 3. The first-order valence-electron chi connectivity index (χ1n) is 6.67. The molecule has 2 aliphatic rings. The minimum atomic E-state index is 0.373. The Morgan fingerprint density at radius 3 is 2.12 bits per heavy atom. The third-order valence-corrected chi connectivity index (χ3v) is 4.03. The number of rotatable bonds is 3. The molecule has 0 aromatic heterocycles. The van der Waals surface area contributed by atoms with E-state index in [1.54, 1.807) is 7.11 Å². The topological polar surface area (TPSA) is 9.23 Å². The fourth-order valence-electron chi connectivity index (χ4n) is 2.85. The normalized spacial score (nSPS) is 38.9. The molecule has 2 aliphatic carbocycles. The van der Waals surface area contributed by atoms with Gasteiger partial charge in [0.05, 0.1) is 6.10 Å². The van der Waals surface area contributed by atoms with Gasteiger partial charge in [0.2, 0.25) is 0 Å². The van der Waals surface area contributed by atoms with Crippen molar-refractivity contribution in [2.45, 2.75) is 45.1 Å². The van der Waals surface area contributed by atoms with E-state index < -0.39 is 0 Å². The van der Waals surface area contributed by atoms with Crippen molar-refractivity contribution in [2.75, 3.05) is 7.11 Å². The van der Waals surface area contributed by atoms with Crippen LogP contribution in [0.4, 0.5) is 0 Å². The van der Waals surface area contributed by atoms with Gasteiger partial charge in [-0.2, -0.15) is 0 Å². The van der Waals surface area contributed by atoms with Crippen LogP contribution in [0.1, 0.15) is 39.0 Å². The quantitative estimate of drug-likeness (QED) is 0.654. The maximum absolute atomic E-state index is 5.34. The van der Waals surface area contributed by atoms with Gasteiger partial charge in [-0.1, -0.05) is 31.2 Å². The summed E-state index contributed by atoms with van der Waals surface area (Å²) < 4.78 is 5.34. The molecule has 0 aliphatic heterocycles. The predicted molar refractivity (Wildman–Crippen MR) is 68.3 cm³/mol. The Bertz CT molecular complexity index is 267. The Kier molecular flexibility index (Phi) is 4.22. The molecule has 16 heavy (non-hydrogen) atoms. The van der Waals surface area contributed by atoms with Gasteiger partial charge in [-0.05, 0) is 49.9 Å². The van der Waals surface area contributed by atoms with E-state index >= 15 is 0 Å². The van der Waals surface area contributed by atoms with Crippen molar-refractivity contribution in [1.82, 2.24) is 0 Å². The summed E-state index contributed by atoms with van der Waals surface area (Å²) in [5.41, 5.74) is 0. The van der Waals surface area contributed by atoms with E-state index in [9.17, 15) is 0 Å². The Labute approximate surface area is 99.6 Å². The fraction of sp³-hybridized carbons (Fsp3) is 0.733. The molecular formula is C15H24O. The second-order valence-electron chi connectivity index (χ2n) is 5.43. The smallest absolute Gasteiger partial charge is 0.0752 e. The summed E-state index contributed by atoms with van der Waals surface area (Å²) in [6.45, 7) is 2.32. The van der Waals surface area contributed by atoms with Crippen LogP contribution in [0.25, 0.3) is 0 Å². The average molecular weight is 220 g/mol. The SMILES string of the molecule is COC1C=CC(CC2C=CC(C)CC2)CC1. The van der Waals surface area contributed by atoms with Crippen LogP contribution in [-0.2, 0) is 4.74 Å². The summed E-state index contributed by atoms with van der Waals surface area (Å²) in [5.74, 6) is 2.41. The molecule has 0 heterocycles. The highest BCUT2D eigenvalue weighted by atomic mass is 16.5. The Balaban J connectivity index is 1.80. The van der Waals surface area contributed by atoms with Crippen molar-refractivity contribution in [3.8, 4) is 0 Å². The van der Waals surface area contributed by atoms with Crippen LogP contribution in [0.3, 0.4) is 0 Å². The lowest BCUT2D eigenvalue weighted by atomic mass is 9.81. The molecule has 0 amide bonds. The summed E-state index contributed by atoms with van der Waals surface area (Å²) in [6, 6.07) is 0. The third kappa shape index (κ3) is 3.21. The molecule has 0 radical (unpaired) electrons. The van der Waals surface area contributed by atoms with E-state index in [-0.39, 0.29) is 0 Å². The highest BCUT2D eigenvalue weighted by Gasteiger charge is 2.20. The van der Waals surface area contributed by atoms with E-state index in [0.717, 1.165) is 17.8 Å². The van der Waals surface area contributed by atoms with E-state index in [1.807, 2.05) is 0 Å². The van der Waals surface area contributed by atoms with Crippen LogP contribution in [-0.4, -0.2) is 13.2 Å². The highest BCUT2D eigenvalue weighted by molar-refractivity contribution is 5.03. The van der Waals surface area contributed by atoms with E-state index in [4.69, 9.17) is 4.74 Å². The van der Waals surface area contributed by atoms with Gasteiger partial charge < -0.3 is 4.74 Å². The summed E-state index contributed by atoms with van der Waals surface area (Å²) in [4.78, 5) is 0. The molecule has 0 saturated carbocycles. The standard InChI is InChI=1S/C15H24O/c1-12-3-5-13(6-4-12)11-14-7-9-15(16-2)10-8-14/h3,5,7,9,12-15H,4,6,8,10-11H2,1-2H3. The lowest BCUT2D eigenvalue weighted by Crippen LogP contribution is -2.17. The second kappa shape index (κ2) is 5.67. The highest BCUT2D eigenvalue weighted by Crippen LogP contribution is 2.31. The van der Waals surface area contributed by atoms with Crippen LogP contribution in [0, 0.1) is 17.8 Å². The molecule has 1 heteroatoms. The average Bonchev–Trinajstić information content (AvgIpc) is 2.33. The van der Waals surface area contributed by atoms with Crippen molar-refractivity contribution >= 4 is 0 Å². The molecule has 1 nitrogen and oxygen atoms in total. The van der Waals surface area contributed by atoms with Crippen molar-refractivity contribution in [1.29, 1.82) is 0 Å². The van der Waals surface area contributed by atoms with Gasteiger partial charge in [0, 0.05) is 7.11 Å². The molecule has 2 rings (SSSR count). The van der Waals surface area contributed by atoms with Crippen molar-refractivity contribution in [2.24, 2.45) is 17.8 Å². The third-order valence-electron chi connectivity index (χ3n) is 4.03. The van der Waals surface area contributed by atoms with E-state index in [1.165, 1.54) is 32.1 Å². The van der Waals surface area contributed by atoms with E-state index in [2.05, 4.69) is 31.2 Å². The van der Waals surface area contributed by atoms with Gasteiger partial charge in [-0.25, -0.2) is 0 Å². The van der Waals surface area contributed by atoms with Crippen molar-refractivity contribution < 1.29 is 4.74 Å². The first-order valence-corrected chi connectivity index (χ1v) is 6.67. The zero-order valence-corrected chi connectivity index (χ0v) is 10.6. The largest absolute Gasteiger partial charge is 0.377 e. The minimum Gasteiger partial charge on any atom is -0.377 e. The summed E-state index contributed by atoms with van der Waals surface area (Å²) in [7, 11) is 1.81. The molecule has 0 aromatic carbocycles. The Morgan fingerprint density at radius 2 is 1.62 bits per heavy atom. The van der Waals surface area contributed by atoms with Crippen LogP contribution < -0.4 is 0 Å². The van der Waals surface area contributed by atoms with Gasteiger partial charge in [0.1, 0.15) is 0 Å². The van der Waals surface area contributed by atoms with E-state index in [0.29, 0.717) is 6.10 Å². The predicted octanol–water partition coefficient (Wildman–Crippen LogP) is 3.96. The van der Waals surface area contributed by atoms with Crippen molar-refractivity contribution in [3.05, 3.63) is 24.3 Å². The zero-order valence-electron chi connectivity index (χ0n) is 10.6. The maximum Gasteiger partial charge on any atom is 0.0752 e. The van der Waals surface area contributed by atoms with Crippen LogP contribution in [0.2, 0.25) is 0 Å². The van der Waals surface area contributed by atoms with Crippen LogP contribution in [0.15, 0.2) is 24.3 Å². The molecular weight excluding hydrogens is 196 g/mol. The second-order valence-corrected chi connectivity index (χ2v) is 5.43. The zero-order chi connectivity index (χ0) is 11.4.